The molecule has 4 rings (SSSR count). The first-order valence-corrected chi connectivity index (χ1v) is 9.54. The number of hydrogen-bond donors (Lipinski definition) is 0. The van der Waals surface area contributed by atoms with E-state index >= 15 is 0 Å². The zero-order valence-corrected chi connectivity index (χ0v) is 16.4. The molecular weight excluding hydrogens is 407 g/mol. The van der Waals surface area contributed by atoms with E-state index in [0.29, 0.717) is 22.8 Å². The average Bonchev–Trinajstić information content (AvgIpc) is 2.73. The summed E-state index contributed by atoms with van der Waals surface area (Å²) in [5.41, 5.74) is 0.868. The van der Waals surface area contributed by atoms with Gasteiger partial charge in [0.25, 0.3) is 0 Å². The van der Waals surface area contributed by atoms with Gasteiger partial charge in [-0.05, 0) is 70.8 Å². The third-order valence-corrected chi connectivity index (χ3v) is 5.01. The van der Waals surface area contributed by atoms with Crippen molar-refractivity contribution >= 4 is 10.8 Å². The fourth-order valence-electron chi connectivity index (χ4n) is 3.32. The first-order chi connectivity index (χ1) is 14.9. The fourth-order valence-corrected chi connectivity index (χ4v) is 3.32. The molecule has 0 aliphatic rings. The summed E-state index contributed by atoms with van der Waals surface area (Å²) in [6.07, 6.45) is 0.644. The smallest absolute Gasteiger partial charge is 0.159 e. The lowest BCUT2D eigenvalue weighted by Gasteiger charge is -2.07. The van der Waals surface area contributed by atoms with Crippen molar-refractivity contribution in [1.29, 1.82) is 0 Å². The Morgan fingerprint density at radius 3 is 1.94 bits per heavy atom. The fraction of sp³-hybridized carbons (Fsp3) is 0.0769. The summed E-state index contributed by atoms with van der Waals surface area (Å²) in [7, 11) is 0. The molecule has 0 fully saturated rings. The van der Waals surface area contributed by atoms with Gasteiger partial charge in [0.15, 0.2) is 11.6 Å². The van der Waals surface area contributed by atoms with Crippen LogP contribution in [-0.2, 0) is 6.42 Å². The molecular formula is C26H15F5. The van der Waals surface area contributed by atoms with Crippen LogP contribution in [0.3, 0.4) is 0 Å². The van der Waals surface area contributed by atoms with E-state index in [-0.39, 0.29) is 11.1 Å². The Hall–Kier alpha value is -3.65. The molecule has 0 N–H and O–H groups in total. The Kier molecular flexibility index (Phi) is 5.48. The minimum Gasteiger partial charge on any atom is -0.206 e. The maximum absolute atomic E-state index is 14.6. The molecule has 0 aliphatic heterocycles. The van der Waals surface area contributed by atoms with Gasteiger partial charge in [0.2, 0.25) is 0 Å². The summed E-state index contributed by atoms with van der Waals surface area (Å²) in [6, 6.07) is 13.3. The van der Waals surface area contributed by atoms with E-state index < -0.39 is 34.6 Å². The highest BCUT2D eigenvalue weighted by molar-refractivity contribution is 5.84. The topological polar surface area (TPSA) is 0 Å². The molecule has 154 valence electrons. The van der Waals surface area contributed by atoms with Crippen molar-refractivity contribution in [2.24, 2.45) is 0 Å². The summed E-state index contributed by atoms with van der Waals surface area (Å²) in [5.74, 6) is 0.714. The molecule has 0 amide bonds. The second-order valence-electron chi connectivity index (χ2n) is 7.06. The Morgan fingerprint density at radius 2 is 1.29 bits per heavy atom. The van der Waals surface area contributed by atoms with E-state index in [9.17, 15) is 22.0 Å². The maximum atomic E-state index is 14.6. The summed E-state index contributed by atoms with van der Waals surface area (Å²) < 4.78 is 70.2. The van der Waals surface area contributed by atoms with Crippen LogP contribution in [0.15, 0.2) is 60.7 Å². The SMILES string of the molecule is CCc1ccc(-c2cc(F)c(C#Cc3ccc4cc(F)c(F)cc4c3)c(F)c2)c(F)c1. The van der Waals surface area contributed by atoms with Crippen molar-refractivity contribution < 1.29 is 22.0 Å². The van der Waals surface area contributed by atoms with Crippen molar-refractivity contribution in [1.82, 2.24) is 0 Å². The lowest BCUT2D eigenvalue weighted by Crippen LogP contribution is -1.95. The summed E-state index contributed by atoms with van der Waals surface area (Å²) >= 11 is 0. The van der Waals surface area contributed by atoms with E-state index in [1.807, 2.05) is 6.92 Å². The van der Waals surface area contributed by atoms with Crippen LogP contribution in [0, 0.1) is 40.9 Å². The molecule has 0 nitrogen and oxygen atoms in total. The normalized spacial score (nSPS) is 10.8. The van der Waals surface area contributed by atoms with Gasteiger partial charge >= 0.3 is 0 Å². The molecule has 0 saturated carbocycles. The van der Waals surface area contributed by atoms with Gasteiger partial charge in [0.05, 0.1) is 5.56 Å². The second-order valence-corrected chi connectivity index (χ2v) is 7.06. The van der Waals surface area contributed by atoms with Crippen molar-refractivity contribution in [3.8, 4) is 23.0 Å². The van der Waals surface area contributed by atoms with Gasteiger partial charge in [0, 0.05) is 11.1 Å². The molecule has 31 heavy (non-hydrogen) atoms. The first-order valence-electron chi connectivity index (χ1n) is 9.54. The Morgan fingerprint density at radius 1 is 0.613 bits per heavy atom. The minimum atomic E-state index is -0.996. The molecule has 4 aromatic rings. The molecule has 0 aromatic heterocycles. The predicted molar refractivity (Wildman–Crippen MR) is 111 cm³/mol. The molecule has 0 radical (unpaired) electrons. The Bertz CT molecular complexity index is 1350. The highest BCUT2D eigenvalue weighted by atomic mass is 19.2. The van der Waals surface area contributed by atoms with Gasteiger partial charge in [0.1, 0.15) is 17.5 Å². The summed E-state index contributed by atoms with van der Waals surface area (Å²) in [6.45, 7) is 1.88. The largest absolute Gasteiger partial charge is 0.206 e. The van der Waals surface area contributed by atoms with Crippen LogP contribution >= 0.6 is 0 Å². The highest BCUT2D eigenvalue weighted by Gasteiger charge is 2.13. The molecule has 4 aromatic carbocycles. The van der Waals surface area contributed by atoms with E-state index in [2.05, 4.69) is 11.8 Å². The Labute approximate surface area is 176 Å². The standard InChI is InChI=1S/C26H15F5/c1-2-15-4-7-20(22(27)10-15)19-13-23(28)21(24(29)14-19)8-5-16-3-6-17-11-25(30)26(31)12-18(17)9-16/h3-4,6-7,9-14H,2H2,1H3. The number of hydrogen-bond acceptors (Lipinski definition) is 0. The highest BCUT2D eigenvalue weighted by Crippen LogP contribution is 2.27. The van der Waals surface area contributed by atoms with E-state index in [1.165, 1.54) is 18.2 Å². The van der Waals surface area contributed by atoms with Crippen LogP contribution in [-0.4, -0.2) is 0 Å². The van der Waals surface area contributed by atoms with E-state index in [0.717, 1.165) is 29.8 Å². The number of rotatable bonds is 2. The monoisotopic (exact) mass is 422 g/mol. The first kappa shape index (κ1) is 20.6. The zero-order valence-electron chi connectivity index (χ0n) is 16.4. The van der Waals surface area contributed by atoms with Gasteiger partial charge < -0.3 is 0 Å². The third kappa shape index (κ3) is 4.15. The van der Waals surface area contributed by atoms with Crippen molar-refractivity contribution in [2.75, 3.05) is 0 Å². The van der Waals surface area contributed by atoms with Crippen LogP contribution in [0.25, 0.3) is 21.9 Å². The van der Waals surface area contributed by atoms with Gasteiger partial charge in [-0.3, -0.25) is 0 Å². The third-order valence-electron chi connectivity index (χ3n) is 5.01. The average molecular weight is 422 g/mol. The van der Waals surface area contributed by atoms with E-state index in [1.54, 1.807) is 18.2 Å². The summed E-state index contributed by atoms with van der Waals surface area (Å²) in [5, 5.41) is 0.885. The van der Waals surface area contributed by atoms with Crippen LogP contribution < -0.4 is 0 Å². The van der Waals surface area contributed by atoms with Crippen LogP contribution in [0.4, 0.5) is 22.0 Å². The second kappa shape index (κ2) is 8.23. The van der Waals surface area contributed by atoms with Crippen molar-refractivity contribution in [3.63, 3.8) is 0 Å². The van der Waals surface area contributed by atoms with Gasteiger partial charge in [-0.2, -0.15) is 0 Å². The maximum Gasteiger partial charge on any atom is 0.159 e. The lowest BCUT2D eigenvalue weighted by atomic mass is 10.00. The summed E-state index contributed by atoms with van der Waals surface area (Å²) in [4.78, 5) is 0. The molecule has 0 spiro atoms. The zero-order chi connectivity index (χ0) is 22.1. The molecule has 0 unspecified atom stereocenters. The van der Waals surface area contributed by atoms with Crippen LogP contribution in [0.5, 0.6) is 0 Å². The molecule has 5 heteroatoms. The van der Waals surface area contributed by atoms with Crippen molar-refractivity contribution in [2.45, 2.75) is 13.3 Å². The van der Waals surface area contributed by atoms with Gasteiger partial charge in [-0.25, -0.2) is 22.0 Å². The number of benzene rings is 4. The van der Waals surface area contributed by atoms with E-state index in [4.69, 9.17) is 0 Å². The molecule has 0 bridgehead atoms. The number of aryl methyl sites for hydroxylation is 1. The minimum absolute atomic E-state index is 0.0731. The molecule has 0 heterocycles. The Balaban J connectivity index is 1.70. The van der Waals surface area contributed by atoms with Crippen LogP contribution in [0.1, 0.15) is 23.6 Å². The molecule has 0 saturated heterocycles. The van der Waals surface area contributed by atoms with Crippen LogP contribution in [0.2, 0.25) is 0 Å². The predicted octanol–water partition coefficient (Wildman–Crippen LogP) is 7.16. The number of halogens is 5. The van der Waals surface area contributed by atoms with Gasteiger partial charge in [-0.15, -0.1) is 0 Å². The lowest BCUT2D eigenvalue weighted by molar-refractivity contribution is 0.511. The molecule has 0 atom stereocenters. The van der Waals surface area contributed by atoms with Gasteiger partial charge in [-0.1, -0.05) is 37.0 Å². The quantitative estimate of drug-likeness (QED) is 0.237. The molecule has 0 aliphatic carbocycles. The number of fused-ring (bicyclic) bond motifs is 1. The van der Waals surface area contributed by atoms with Crippen molar-refractivity contribution in [3.05, 3.63) is 106 Å².